The first-order valence-electron chi connectivity index (χ1n) is 23.7. The molecule has 0 aliphatic heterocycles. The molecular weight excluding hydrogens is 1010 g/mol. The molecule has 68 heavy (non-hydrogen) atoms. The van der Waals surface area contributed by atoms with E-state index in [4.69, 9.17) is 9.97 Å². The molecule has 4 nitrogen and oxygen atoms in total. The van der Waals surface area contributed by atoms with E-state index in [9.17, 15) is 5.11 Å². The number of imidazole rings is 1. The van der Waals surface area contributed by atoms with E-state index in [1.807, 2.05) is 24.4 Å². The molecule has 1 N–H and O–H groups in total. The average molecular weight is 1070 g/mol. The van der Waals surface area contributed by atoms with Crippen molar-refractivity contribution in [3.63, 3.8) is 0 Å². The molecule has 0 spiro atoms. The fraction of sp³-hybridized carbons (Fsp3) is 0.270. The zero-order chi connectivity index (χ0) is 47.8. The number of aryl methyl sites for hydroxylation is 1. The topological polar surface area (TPSA) is 50.9 Å². The van der Waals surface area contributed by atoms with Gasteiger partial charge < -0.3 is 5.11 Å². The number of fused-ring (bicyclic) bond motifs is 2. The monoisotopic (exact) mass is 1070 g/mol. The first-order valence-corrected chi connectivity index (χ1v) is 23.7. The molecule has 9 rings (SSSR count). The Morgan fingerprint density at radius 1 is 0.485 bits per heavy atom. The normalized spacial score (nSPS) is 12.4. The first-order chi connectivity index (χ1) is 31.6. The second-order valence-electron chi connectivity index (χ2n) is 22.6. The molecular formula is C63H64N3OPt-. The SMILES string of the molecule is Cc1c(C(C)(C)C)cc(-c2[c-]c(-c3cc(-c4ccc(C(C)(C)C)cc4)cc4c3nc(-c3cc(C(C)(C)C)ccc3O)n4-c3ccc(C(C)(C)C)cc3)cc(-c3ccccc3)c2)c2ncccc12.[Pt]. The zero-order valence-corrected chi connectivity index (χ0v) is 44.2. The number of phenolic OH excluding ortho intramolecular Hbond substituents is 1. The Morgan fingerprint density at radius 2 is 1.03 bits per heavy atom. The number of nitrogens with zero attached hydrogens (tertiary/aromatic N) is 3. The van der Waals surface area contributed by atoms with Gasteiger partial charge >= 0.3 is 0 Å². The van der Waals surface area contributed by atoms with Crippen molar-refractivity contribution >= 4 is 21.9 Å². The van der Waals surface area contributed by atoms with Gasteiger partial charge in [-0.25, -0.2) is 4.98 Å². The standard InChI is InChI=1S/C63H64N3O.Pt/c1-39-50-20-17-31-64-57(50)52(38-54(39)63(11,12)13)45-33-42(40-18-15-14-16-19-40)32-44(34-45)51-35-43(41-21-23-46(24-22-41)60(2,3)4)36-55-58(51)65-59(53-37-48(62(8,9)10)27-30-56(53)67)66(55)49-28-25-47(26-29-49)61(5,6)7;/h14-33,35-38,67H,1-13H3;/q-1;. The van der Waals surface area contributed by atoms with Crippen molar-refractivity contribution in [1.29, 1.82) is 0 Å². The Kier molecular flexibility index (Phi) is 12.6. The molecule has 0 unspecified atom stereocenters. The Hall–Kier alpha value is -6.09. The predicted molar refractivity (Wildman–Crippen MR) is 284 cm³/mol. The maximum Gasteiger partial charge on any atom is 0.148 e. The van der Waals surface area contributed by atoms with Gasteiger partial charge in [0.25, 0.3) is 0 Å². The van der Waals surface area contributed by atoms with Crippen LogP contribution in [0.1, 0.15) is 111 Å². The quantitative estimate of drug-likeness (QED) is 0.169. The molecule has 0 radical (unpaired) electrons. The van der Waals surface area contributed by atoms with E-state index in [1.54, 1.807) is 0 Å². The van der Waals surface area contributed by atoms with E-state index in [-0.39, 0.29) is 48.5 Å². The van der Waals surface area contributed by atoms with Crippen LogP contribution >= 0.6 is 0 Å². The summed E-state index contributed by atoms with van der Waals surface area (Å²) in [5, 5.41) is 13.0. The van der Waals surface area contributed by atoms with Crippen molar-refractivity contribution in [2.24, 2.45) is 0 Å². The van der Waals surface area contributed by atoms with E-state index in [1.165, 1.54) is 22.3 Å². The van der Waals surface area contributed by atoms with Gasteiger partial charge in [0.15, 0.2) is 0 Å². The van der Waals surface area contributed by atoms with Crippen LogP contribution in [0.5, 0.6) is 5.75 Å². The van der Waals surface area contributed by atoms with Gasteiger partial charge in [-0.2, -0.15) is 0 Å². The molecule has 0 atom stereocenters. The van der Waals surface area contributed by atoms with Crippen molar-refractivity contribution in [3.05, 3.63) is 180 Å². The number of rotatable bonds is 6. The van der Waals surface area contributed by atoms with Gasteiger partial charge in [0.1, 0.15) is 11.6 Å². The van der Waals surface area contributed by atoms with Gasteiger partial charge in [-0.3, -0.25) is 9.55 Å². The summed E-state index contributed by atoms with van der Waals surface area (Å²) in [5.41, 5.74) is 18.5. The number of hydrogen-bond donors (Lipinski definition) is 1. The third-order valence-corrected chi connectivity index (χ3v) is 13.5. The minimum Gasteiger partial charge on any atom is -0.507 e. The van der Waals surface area contributed by atoms with E-state index in [2.05, 4.69) is 222 Å². The minimum atomic E-state index is -0.156. The summed E-state index contributed by atoms with van der Waals surface area (Å²) in [5.74, 6) is 0.857. The maximum atomic E-state index is 11.9. The van der Waals surface area contributed by atoms with Crippen molar-refractivity contribution in [1.82, 2.24) is 14.5 Å². The number of aromatic hydroxyl groups is 1. The van der Waals surface area contributed by atoms with Gasteiger partial charge in [0, 0.05) is 38.5 Å². The van der Waals surface area contributed by atoms with Crippen LogP contribution in [0.4, 0.5) is 0 Å². The summed E-state index contributed by atoms with van der Waals surface area (Å²) in [6.07, 6.45) is 1.90. The summed E-state index contributed by atoms with van der Waals surface area (Å²) in [6, 6.07) is 54.1. The second-order valence-corrected chi connectivity index (χ2v) is 22.6. The Balaban J connectivity index is 0.00000625. The summed E-state index contributed by atoms with van der Waals surface area (Å²) >= 11 is 0. The first kappa shape index (κ1) is 48.4. The smallest absolute Gasteiger partial charge is 0.148 e. The minimum absolute atomic E-state index is 0. The van der Waals surface area contributed by atoms with Crippen LogP contribution < -0.4 is 0 Å². The fourth-order valence-corrected chi connectivity index (χ4v) is 9.48. The number of aromatic nitrogens is 3. The number of pyridine rings is 1. The molecule has 9 aromatic rings. The van der Waals surface area contributed by atoms with Gasteiger partial charge in [-0.15, -0.1) is 29.3 Å². The van der Waals surface area contributed by atoms with Crippen LogP contribution in [0.25, 0.3) is 83.5 Å². The molecule has 0 fully saturated rings. The van der Waals surface area contributed by atoms with Gasteiger partial charge in [-0.05, 0) is 115 Å². The number of phenols is 1. The van der Waals surface area contributed by atoms with Gasteiger partial charge in [-0.1, -0.05) is 191 Å². The largest absolute Gasteiger partial charge is 0.507 e. The molecule has 7 aromatic carbocycles. The van der Waals surface area contributed by atoms with Crippen LogP contribution in [0.3, 0.4) is 0 Å². The van der Waals surface area contributed by atoms with Crippen LogP contribution in [-0.2, 0) is 42.7 Å². The predicted octanol–water partition coefficient (Wildman–Crippen LogP) is 16.9. The Labute approximate surface area is 418 Å². The molecule has 0 aliphatic carbocycles. The molecule has 0 aliphatic rings. The van der Waals surface area contributed by atoms with Gasteiger partial charge in [0.2, 0.25) is 0 Å². The molecule has 348 valence electrons. The molecule has 5 heteroatoms. The van der Waals surface area contributed by atoms with E-state index < -0.39 is 0 Å². The second kappa shape index (κ2) is 17.8. The van der Waals surface area contributed by atoms with Crippen LogP contribution in [0, 0.1) is 13.0 Å². The molecule has 0 saturated heterocycles. The zero-order valence-electron chi connectivity index (χ0n) is 42.0. The van der Waals surface area contributed by atoms with Crippen molar-refractivity contribution in [2.75, 3.05) is 0 Å². The van der Waals surface area contributed by atoms with Crippen LogP contribution in [0.15, 0.2) is 146 Å². The van der Waals surface area contributed by atoms with Gasteiger partial charge in [0.05, 0.1) is 16.6 Å². The number of hydrogen-bond acceptors (Lipinski definition) is 3. The van der Waals surface area contributed by atoms with E-state index >= 15 is 0 Å². The van der Waals surface area contributed by atoms with E-state index in [0.29, 0.717) is 11.4 Å². The fourth-order valence-electron chi connectivity index (χ4n) is 9.48. The summed E-state index contributed by atoms with van der Waals surface area (Å²) < 4.78 is 2.24. The third-order valence-electron chi connectivity index (χ3n) is 13.5. The Bertz CT molecular complexity index is 3310. The summed E-state index contributed by atoms with van der Waals surface area (Å²) in [4.78, 5) is 10.7. The van der Waals surface area contributed by atoms with E-state index in [0.717, 1.165) is 77.7 Å². The van der Waals surface area contributed by atoms with Crippen LogP contribution in [-0.4, -0.2) is 19.6 Å². The molecule has 0 amide bonds. The van der Waals surface area contributed by atoms with Crippen LogP contribution in [0.2, 0.25) is 0 Å². The summed E-state index contributed by atoms with van der Waals surface area (Å²) in [7, 11) is 0. The van der Waals surface area contributed by atoms with Crippen molar-refractivity contribution < 1.29 is 26.2 Å². The molecule has 0 bridgehead atoms. The third kappa shape index (κ3) is 9.25. The molecule has 0 saturated carbocycles. The number of benzene rings is 7. The molecule has 2 aromatic heterocycles. The molecule has 2 heterocycles. The van der Waals surface area contributed by atoms with Crippen molar-refractivity contribution in [3.8, 4) is 67.3 Å². The Morgan fingerprint density at radius 3 is 1.62 bits per heavy atom. The summed E-state index contributed by atoms with van der Waals surface area (Å²) in [6.45, 7) is 29.2. The maximum absolute atomic E-state index is 11.9. The van der Waals surface area contributed by atoms with Crippen molar-refractivity contribution in [2.45, 2.75) is 112 Å². The average Bonchev–Trinajstić information content (AvgIpc) is 3.67.